The van der Waals surface area contributed by atoms with Gasteiger partial charge in [0.05, 0.1) is 19.3 Å². The van der Waals surface area contributed by atoms with Crippen molar-refractivity contribution in [2.45, 2.75) is 18.9 Å². The second-order valence-electron chi connectivity index (χ2n) is 6.06. The average molecular weight is 354 g/mol. The van der Waals surface area contributed by atoms with Crippen molar-refractivity contribution in [2.75, 3.05) is 26.2 Å². The van der Waals surface area contributed by atoms with Crippen LogP contribution >= 0.6 is 0 Å². The number of carbonyl (C=O) groups is 2. The maximum atomic E-state index is 12.4. The van der Waals surface area contributed by atoms with E-state index in [-0.39, 0.29) is 23.6 Å². The molecule has 1 aliphatic heterocycles. The molecule has 1 atom stereocenters. The molecule has 1 fully saturated rings. The summed E-state index contributed by atoms with van der Waals surface area (Å²) < 4.78 is 5.79. The Morgan fingerprint density at radius 2 is 2.08 bits per heavy atom. The first-order valence-corrected chi connectivity index (χ1v) is 8.72. The smallest absolute Gasteiger partial charge is 0.271 e. The van der Waals surface area contributed by atoms with Crippen molar-refractivity contribution in [1.82, 2.24) is 20.2 Å². The lowest BCUT2D eigenvalue weighted by Crippen LogP contribution is -2.42. The van der Waals surface area contributed by atoms with Gasteiger partial charge in [-0.3, -0.25) is 14.6 Å². The van der Waals surface area contributed by atoms with E-state index in [1.165, 1.54) is 18.6 Å². The fraction of sp³-hybridized carbons (Fsp3) is 0.368. The molecule has 7 nitrogen and oxygen atoms in total. The number of benzene rings is 1. The van der Waals surface area contributed by atoms with Crippen LogP contribution in [0.5, 0.6) is 0 Å². The van der Waals surface area contributed by atoms with Crippen LogP contribution in [-0.4, -0.2) is 52.9 Å². The third kappa shape index (κ3) is 4.86. The Kier molecular flexibility index (Phi) is 6.27. The first kappa shape index (κ1) is 18.0. The molecular formula is C19H22N4O3. The Balaban J connectivity index is 1.41. The first-order valence-electron chi connectivity index (χ1n) is 8.72. The van der Waals surface area contributed by atoms with Gasteiger partial charge < -0.3 is 15.0 Å². The fourth-order valence-electron chi connectivity index (χ4n) is 2.85. The highest BCUT2D eigenvalue weighted by molar-refractivity contribution is 5.91. The van der Waals surface area contributed by atoms with Crippen LogP contribution in [0.1, 0.15) is 35.0 Å². The molecule has 0 bridgehead atoms. The van der Waals surface area contributed by atoms with E-state index >= 15 is 0 Å². The molecular weight excluding hydrogens is 332 g/mol. The zero-order chi connectivity index (χ0) is 18.2. The Hall–Kier alpha value is -2.80. The lowest BCUT2D eigenvalue weighted by atomic mass is 10.1. The van der Waals surface area contributed by atoms with Gasteiger partial charge in [0.15, 0.2) is 0 Å². The summed E-state index contributed by atoms with van der Waals surface area (Å²) in [6, 6.07) is 9.93. The van der Waals surface area contributed by atoms with E-state index in [9.17, 15) is 9.59 Å². The summed E-state index contributed by atoms with van der Waals surface area (Å²) >= 11 is 0. The van der Waals surface area contributed by atoms with Crippen LogP contribution in [0, 0.1) is 0 Å². The van der Waals surface area contributed by atoms with E-state index in [0.717, 1.165) is 5.56 Å². The maximum Gasteiger partial charge on any atom is 0.271 e. The number of rotatable bonds is 6. The molecule has 1 saturated heterocycles. The molecule has 136 valence electrons. The van der Waals surface area contributed by atoms with Crippen molar-refractivity contribution in [1.29, 1.82) is 0 Å². The average Bonchev–Trinajstić information content (AvgIpc) is 2.72. The van der Waals surface area contributed by atoms with Gasteiger partial charge in [0, 0.05) is 31.9 Å². The van der Waals surface area contributed by atoms with E-state index in [1.54, 1.807) is 0 Å². The Morgan fingerprint density at radius 3 is 2.85 bits per heavy atom. The van der Waals surface area contributed by atoms with Gasteiger partial charge in [-0.1, -0.05) is 30.3 Å². The van der Waals surface area contributed by atoms with Gasteiger partial charge in [-0.2, -0.15) is 0 Å². The lowest BCUT2D eigenvalue weighted by Gasteiger charge is -2.33. The Morgan fingerprint density at radius 1 is 1.23 bits per heavy atom. The summed E-state index contributed by atoms with van der Waals surface area (Å²) in [7, 11) is 0. The van der Waals surface area contributed by atoms with E-state index in [1.807, 2.05) is 35.2 Å². The van der Waals surface area contributed by atoms with Gasteiger partial charge in [0.1, 0.15) is 11.8 Å². The second kappa shape index (κ2) is 9.05. The molecule has 0 saturated carbocycles. The quantitative estimate of drug-likeness (QED) is 0.797. The highest BCUT2D eigenvalue weighted by atomic mass is 16.5. The van der Waals surface area contributed by atoms with E-state index in [0.29, 0.717) is 39.1 Å². The number of nitrogens with one attached hydrogen (secondary N) is 1. The Bertz CT molecular complexity index is 724. The SMILES string of the molecule is O=C(NCCCC(=O)N1CCO[C@H](c2ccccc2)C1)c1cnccn1. The molecule has 1 N–H and O–H groups in total. The summed E-state index contributed by atoms with van der Waals surface area (Å²) in [6.07, 6.45) is 5.30. The van der Waals surface area contributed by atoms with E-state index in [4.69, 9.17) is 4.74 Å². The molecule has 0 radical (unpaired) electrons. The molecule has 0 aliphatic carbocycles. The van der Waals surface area contributed by atoms with Crippen LogP contribution < -0.4 is 5.32 Å². The van der Waals surface area contributed by atoms with Gasteiger partial charge in [0.2, 0.25) is 5.91 Å². The number of hydrogen-bond donors (Lipinski definition) is 1. The third-order valence-electron chi connectivity index (χ3n) is 4.24. The molecule has 0 spiro atoms. The van der Waals surface area contributed by atoms with Gasteiger partial charge in [-0.05, 0) is 12.0 Å². The minimum atomic E-state index is -0.277. The highest BCUT2D eigenvalue weighted by Gasteiger charge is 2.24. The molecule has 0 unspecified atom stereocenters. The summed E-state index contributed by atoms with van der Waals surface area (Å²) in [4.78, 5) is 33.9. The van der Waals surface area contributed by atoms with E-state index in [2.05, 4.69) is 15.3 Å². The van der Waals surface area contributed by atoms with Crippen molar-refractivity contribution in [3.63, 3.8) is 0 Å². The molecule has 3 rings (SSSR count). The maximum absolute atomic E-state index is 12.4. The van der Waals surface area contributed by atoms with Gasteiger partial charge in [0.25, 0.3) is 5.91 Å². The molecule has 7 heteroatoms. The number of aromatic nitrogens is 2. The second-order valence-corrected chi connectivity index (χ2v) is 6.06. The fourth-order valence-corrected chi connectivity index (χ4v) is 2.85. The van der Waals surface area contributed by atoms with Crippen LogP contribution in [0.15, 0.2) is 48.9 Å². The minimum absolute atomic E-state index is 0.0785. The third-order valence-corrected chi connectivity index (χ3v) is 4.24. The number of hydrogen-bond acceptors (Lipinski definition) is 5. The largest absolute Gasteiger partial charge is 0.370 e. The normalized spacial score (nSPS) is 16.9. The van der Waals surface area contributed by atoms with Gasteiger partial charge in [-0.15, -0.1) is 0 Å². The molecule has 1 aromatic carbocycles. The van der Waals surface area contributed by atoms with Gasteiger partial charge >= 0.3 is 0 Å². The topological polar surface area (TPSA) is 84.4 Å². The van der Waals surface area contributed by atoms with Gasteiger partial charge in [-0.25, -0.2) is 4.98 Å². The summed E-state index contributed by atoms with van der Waals surface area (Å²) in [5.74, 6) is -0.191. The number of morpholine rings is 1. The molecule has 1 aromatic heterocycles. The molecule has 26 heavy (non-hydrogen) atoms. The highest BCUT2D eigenvalue weighted by Crippen LogP contribution is 2.22. The number of ether oxygens (including phenoxy) is 1. The summed E-state index contributed by atoms with van der Waals surface area (Å²) in [5, 5.41) is 2.75. The zero-order valence-corrected chi connectivity index (χ0v) is 14.5. The van der Waals surface area contributed by atoms with Crippen LogP contribution in [0.4, 0.5) is 0 Å². The van der Waals surface area contributed by atoms with Crippen molar-refractivity contribution in [3.05, 3.63) is 60.2 Å². The Labute approximate surface area is 152 Å². The lowest BCUT2D eigenvalue weighted by molar-refractivity contribution is -0.139. The van der Waals surface area contributed by atoms with E-state index < -0.39 is 0 Å². The summed E-state index contributed by atoms with van der Waals surface area (Å²) in [6.45, 7) is 2.13. The minimum Gasteiger partial charge on any atom is -0.370 e. The zero-order valence-electron chi connectivity index (χ0n) is 14.5. The van der Waals surface area contributed by atoms with Crippen LogP contribution in [0.25, 0.3) is 0 Å². The first-order chi connectivity index (χ1) is 12.7. The van der Waals surface area contributed by atoms with Crippen LogP contribution in [0.2, 0.25) is 0 Å². The van der Waals surface area contributed by atoms with Crippen molar-refractivity contribution in [3.8, 4) is 0 Å². The molecule has 2 aromatic rings. The monoisotopic (exact) mass is 354 g/mol. The predicted molar refractivity (Wildman–Crippen MR) is 95.3 cm³/mol. The van der Waals surface area contributed by atoms with Crippen LogP contribution in [-0.2, 0) is 9.53 Å². The molecule has 1 aliphatic rings. The summed E-state index contributed by atoms with van der Waals surface area (Å²) in [5.41, 5.74) is 1.36. The van der Waals surface area contributed by atoms with Crippen LogP contribution in [0.3, 0.4) is 0 Å². The molecule has 2 amide bonds. The predicted octanol–water partition coefficient (Wildman–Crippen LogP) is 1.59. The standard InChI is InChI=1S/C19H22N4O3/c24-18(7-4-8-22-19(25)16-13-20-9-10-21-16)23-11-12-26-17(14-23)15-5-2-1-3-6-15/h1-3,5-6,9-10,13,17H,4,7-8,11-12,14H2,(H,22,25)/t17-/m0/s1. The number of amides is 2. The van der Waals surface area contributed by atoms with Crippen molar-refractivity contribution >= 4 is 11.8 Å². The number of nitrogens with zero attached hydrogens (tertiary/aromatic N) is 3. The number of carbonyl (C=O) groups excluding carboxylic acids is 2. The molecule has 2 heterocycles. The van der Waals surface area contributed by atoms with Crippen molar-refractivity contribution < 1.29 is 14.3 Å². The van der Waals surface area contributed by atoms with Crippen molar-refractivity contribution in [2.24, 2.45) is 0 Å².